The van der Waals surface area contributed by atoms with Gasteiger partial charge in [0.1, 0.15) is 5.75 Å². The predicted octanol–water partition coefficient (Wildman–Crippen LogP) is 3.89. The quantitative estimate of drug-likeness (QED) is 0.817. The number of aromatic nitrogens is 2. The number of aryl methyl sites for hydroxylation is 2. The van der Waals surface area contributed by atoms with Crippen molar-refractivity contribution in [3.63, 3.8) is 0 Å². The molecule has 1 aromatic heterocycles. The highest BCUT2D eigenvalue weighted by Crippen LogP contribution is 2.23. The number of halogens is 3. The molecule has 0 saturated carbocycles. The number of carbonyl (C=O) groups is 1. The molecule has 5 nitrogen and oxygen atoms in total. The molecule has 0 saturated heterocycles. The zero-order chi connectivity index (χ0) is 17.0. The molecule has 2 rings (SSSR count). The smallest absolute Gasteiger partial charge is 0.387 e. The summed E-state index contributed by atoms with van der Waals surface area (Å²) in [6, 6.07) is 4.39. The molecule has 0 aliphatic rings. The molecule has 0 unspecified atom stereocenters. The van der Waals surface area contributed by atoms with E-state index in [2.05, 4.69) is 31.1 Å². The number of rotatable bonds is 6. The summed E-state index contributed by atoms with van der Waals surface area (Å²) in [5, 5.41) is 6.91. The Hall–Kier alpha value is -1.96. The van der Waals surface area contributed by atoms with E-state index in [0.717, 1.165) is 10.2 Å². The molecule has 8 heteroatoms. The number of anilines is 1. The number of hydrogen-bond acceptors (Lipinski definition) is 3. The Morgan fingerprint density at radius 1 is 1.43 bits per heavy atom. The Morgan fingerprint density at radius 3 is 2.74 bits per heavy atom. The number of nitrogens with zero attached hydrogens (tertiary/aromatic N) is 2. The van der Waals surface area contributed by atoms with E-state index < -0.39 is 6.61 Å². The summed E-state index contributed by atoms with van der Waals surface area (Å²) < 4.78 is 31.2. The maximum Gasteiger partial charge on any atom is 0.387 e. The first-order valence-electron chi connectivity index (χ1n) is 6.90. The second kappa shape index (κ2) is 7.54. The third kappa shape index (κ3) is 4.75. The van der Waals surface area contributed by atoms with Crippen molar-refractivity contribution < 1.29 is 18.3 Å². The largest absolute Gasteiger partial charge is 0.435 e. The van der Waals surface area contributed by atoms with Gasteiger partial charge in [0.05, 0.1) is 17.2 Å². The summed E-state index contributed by atoms with van der Waals surface area (Å²) in [7, 11) is 0. The Kier molecular flexibility index (Phi) is 5.70. The number of alkyl halides is 2. The van der Waals surface area contributed by atoms with E-state index in [1.165, 1.54) is 12.1 Å². The maximum atomic E-state index is 12.2. The molecule has 0 atom stereocenters. The van der Waals surface area contributed by atoms with E-state index in [1.54, 1.807) is 23.9 Å². The molecule has 0 radical (unpaired) electrons. The summed E-state index contributed by atoms with van der Waals surface area (Å²) >= 11 is 3.36. The van der Waals surface area contributed by atoms with Crippen molar-refractivity contribution in [2.24, 2.45) is 0 Å². The zero-order valence-corrected chi connectivity index (χ0v) is 14.2. The van der Waals surface area contributed by atoms with E-state index in [9.17, 15) is 13.6 Å². The molecule has 2 aromatic rings. The van der Waals surface area contributed by atoms with Crippen molar-refractivity contribution in [1.82, 2.24) is 9.78 Å². The lowest BCUT2D eigenvalue weighted by molar-refractivity contribution is -0.116. The Labute approximate surface area is 140 Å². The van der Waals surface area contributed by atoms with E-state index in [-0.39, 0.29) is 18.1 Å². The lowest BCUT2D eigenvalue weighted by Gasteiger charge is -2.11. The van der Waals surface area contributed by atoms with Crippen molar-refractivity contribution >= 4 is 27.5 Å². The summed E-state index contributed by atoms with van der Waals surface area (Å²) in [5.41, 5.74) is 2.16. The van der Waals surface area contributed by atoms with Crippen molar-refractivity contribution in [3.05, 3.63) is 40.1 Å². The molecule has 1 N–H and O–H groups in total. The average molecular weight is 388 g/mol. The van der Waals surface area contributed by atoms with Crippen LogP contribution in [0.4, 0.5) is 14.5 Å². The van der Waals surface area contributed by atoms with Gasteiger partial charge in [0.2, 0.25) is 5.91 Å². The summed E-state index contributed by atoms with van der Waals surface area (Å²) in [4.78, 5) is 12.0. The van der Waals surface area contributed by atoms with Crippen LogP contribution in [-0.4, -0.2) is 22.3 Å². The van der Waals surface area contributed by atoms with Crippen LogP contribution in [0.3, 0.4) is 0 Å². The van der Waals surface area contributed by atoms with E-state index in [1.807, 2.05) is 6.92 Å². The maximum absolute atomic E-state index is 12.2. The lowest BCUT2D eigenvalue weighted by Crippen LogP contribution is -2.16. The molecular weight excluding hydrogens is 372 g/mol. The van der Waals surface area contributed by atoms with Crippen molar-refractivity contribution in [2.45, 2.75) is 33.4 Å². The highest BCUT2D eigenvalue weighted by Gasteiger charge is 2.10. The standard InChI is InChI=1S/C15H16BrF2N3O2/c1-9-7-11(23-15(17)18)3-4-13(9)20-14(22)5-6-21-10(2)12(16)8-19-21/h3-4,7-8,15H,5-6H2,1-2H3,(H,20,22). The number of hydrogen-bond donors (Lipinski definition) is 1. The minimum absolute atomic E-state index is 0.0625. The van der Waals surface area contributed by atoms with E-state index >= 15 is 0 Å². The summed E-state index contributed by atoms with van der Waals surface area (Å²) in [6.07, 6.45) is 1.93. The van der Waals surface area contributed by atoms with Gasteiger partial charge in [0.15, 0.2) is 0 Å². The second-order valence-electron chi connectivity index (χ2n) is 4.95. The second-order valence-corrected chi connectivity index (χ2v) is 5.81. The fraction of sp³-hybridized carbons (Fsp3) is 0.333. The van der Waals surface area contributed by atoms with Gasteiger partial charge >= 0.3 is 6.61 Å². The molecular formula is C15H16BrF2N3O2. The van der Waals surface area contributed by atoms with Gasteiger partial charge < -0.3 is 10.1 Å². The predicted molar refractivity (Wildman–Crippen MR) is 85.7 cm³/mol. The minimum atomic E-state index is -2.87. The normalized spacial score (nSPS) is 10.9. The van der Waals surface area contributed by atoms with Crippen LogP contribution < -0.4 is 10.1 Å². The topological polar surface area (TPSA) is 56.1 Å². The van der Waals surface area contributed by atoms with Gasteiger partial charge in [-0.05, 0) is 53.5 Å². The van der Waals surface area contributed by atoms with Crippen LogP contribution in [0.2, 0.25) is 0 Å². The van der Waals surface area contributed by atoms with Crippen LogP contribution in [0.25, 0.3) is 0 Å². The number of carbonyl (C=O) groups excluding carboxylic acids is 1. The van der Waals surface area contributed by atoms with E-state index in [0.29, 0.717) is 17.8 Å². The van der Waals surface area contributed by atoms with Gasteiger partial charge in [-0.3, -0.25) is 9.48 Å². The minimum Gasteiger partial charge on any atom is -0.435 e. The fourth-order valence-corrected chi connectivity index (χ4v) is 2.32. The fourth-order valence-electron chi connectivity index (χ4n) is 2.02. The first-order valence-corrected chi connectivity index (χ1v) is 7.69. The van der Waals surface area contributed by atoms with Gasteiger partial charge in [-0.2, -0.15) is 13.9 Å². The third-order valence-electron chi connectivity index (χ3n) is 3.29. The molecule has 0 fully saturated rings. The Balaban J connectivity index is 1.93. The molecule has 0 bridgehead atoms. The number of amides is 1. The summed E-state index contributed by atoms with van der Waals surface area (Å²) in [5.74, 6) is -0.117. The monoisotopic (exact) mass is 387 g/mol. The lowest BCUT2D eigenvalue weighted by atomic mass is 10.2. The van der Waals surface area contributed by atoms with Gasteiger partial charge in [-0.15, -0.1) is 0 Å². The van der Waals surface area contributed by atoms with Crippen LogP contribution in [0.15, 0.2) is 28.9 Å². The Bertz CT molecular complexity index is 704. The molecule has 0 aliphatic heterocycles. The van der Waals surface area contributed by atoms with Crippen LogP contribution in [-0.2, 0) is 11.3 Å². The van der Waals surface area contributed by atoms with Crippen LogP contribution in [0, 0.1) is 13.8 Å². The van der Waals surface area contributed by atoms with Crippen LogP contribution in [0.1, 0.15) is 17.7 Å². The van der Waals surface area contributed by atoms with Gasteiger partial charge in [-0.1, -0.05) is 0 Å². The molecule has 1 amide bonds. The number of ether oxygens (including phenoxy) is 1. The molecule has 0 aliphatic carbocycles. The van der Waals surface area contributed by atoms with Crippen LogP contribution >= 0.6 is 15.9 Å². The van der Waals surface area contributed by atoms with Crippen LogP contribution in [0.5, 0.6) is 5.75 Å². The molecule has 23 heavy (non-hydrogen) atoms. The van der Waals surface area contributed by atoms with E-state index in [4.69, 9.17) is 0 Å². The Morgan fingerprint density at radius 2 is 2.17 bits per heavy atom. The third-order valence-corrected chi connectivity index (χ3v) is 4.07. The first-order chi connectivity index (χ1) is 10.9. The van der Waals surface area contributed by atoms with Crippen molar-refractivity contribution in [1.29, 1.82) is 0 Å². The molecule has 1 aromatic carbocycles. The van der Waals surface area contributed by atoms with Gasteiger partial charge in [0.25, 0.3) is 0 Å². The SMILES string of the molecule is Cc1cc(OC(F)F)ccc1NC(=O)CCn1ncc(Br)c1C. The molecule has 0 spiro atoms. The summed E-state index contributed by atoms with van der Waals surface area (Å²) in [6.45, 7) is 1.20. The van der Waals surface area contributed by atoms with Crippen molar-refractivity contribution in [3.8, 4) is 5.75 Å². The van der Waals surface area contributed by atoms with Gasteiger partial charge in [-0.25, -0.2) is 0 Å². The number of benzene rings is 1. The zero-order valence-electron chi connectivity index (χ0n) is 12.6. The molecule has 124 valence electrons. The first kappa shape index (κ1) is 17.4. The number of nitrogens with one attached hydrogen (secondary N) is 1. The highest BCUT2D eigenvalue weighted by atomic mass is 79.9. The molecule has 1 heterocycles. The highest BCUT2D eigenvalue weighted by molar-refractivity contribution is 9.10. The van der Waals surface area contributed by atoms with Gasteiger partial charge in [0, 0.05) is 17.8 Å². The van der Waals surface area contributed by atoms with Crippen molar-refractivity contribution in [2.75, 3.05) is 5.32 Å². The average Bonchev–Trinajstić information content (AvgIpc) is 2.79.